The number of hydrogen-bond acceptors (Lipinski definition) is 2. The first-order valence-electron chi connectivity index (χ1n) is 2.12. The molecule has 0 aromatic rings. The Balaban J connectivity index is 2.40. The largest absolute Gasteiger partial charge is 0.473 e. The van der Waals surface area contributed by atoms with Gasteiger partial charge >= 0.3 is 0 Å². The van der Waals surface area contributed by atoms with Gasteiger partial charge in [0.05, 0.1) is 5.70 Å². The molecule has 2 fully saturated rings. The molecule has 0 aromatic heterocycles. The van der Waals surface area contributed by atoms with Crippen LogP contribution in [0.25, 0.3) is 0 Å². The minimum atomic E-state index is 0.741. The van der Waals surface area contributed by atoms with E-state index in [2.05, 4.69) is 4.90 Å². The number of fused-ring (bicyclic) bond motifs is 1. The van der Waals surface area contributed by atoms with E-state index in [0.29, 0.717) is 0 Å². The van der Waals surface area contributed by atoms with Gasteiger partial charge in [-0.05, 0) is 0 Å². The highest BCUT2D eigenvalue weighted by atomic mass is 16.5. The van der Waals surface area contributed by atoms with Crippen molar-refractivity contribution in [3.05, 3.63) is 11.5 Å². The SMILES string of the molecule is C1OC2=C3C2N13. The molecule has 0 amide bonds. The van der Waals surface area contributed by atoms with E-state index >= 15 is 0 Å². The maximum atomic E-state index is 5.07. The topological polar surface area (TPSA) is 12.2 Å². The third-order valence-electron chi connectivity index (χ3n) is 1.59. The van der Waals surface area contributed by atoms with Crippen molar-refractivity contribution in [2.75, 3.05) is 6.73 Å². The van der Waals surface area contributed by atoms with E-state index in [0.717, 1.165) is 12.8 Å². The molecule has 4 aliphatic rings. The molecular weight excluding hydrogens is 78.0 g/mol. The molecule has 2 heteroatoms. The van der Waals surface area contributed by atoms with Gasteiger partial charge in [-0.2, -0.15) is 0 Å². The molecule has 6 heavy (non-hydrogen) atoms. The van der Waals surface area contributed by atoms with E-state index in [1.54, 1.807) is 0 Å². The minimum absolute atomic E-state index is 0.741. The van der Waals surface area contributed by atoms with Crippen molar-refractivity contribution in [2.45, 2.75) is 6.04 Å². The molecule has 1 aliphatic carbocycles. The number of ether oxygens (including phenoxy) is 1. The standard InChI is InChI=1S/C4H3NO/c1-5-2-3(5)4(2)6-1/h2H,1H2. The summed E-state index contributed by atoms with van der Waals surface area (Å²) in [6, 6.07) is 0.741. The van der Waals surface area contributed by atoms with Crippen LogP contribution in [-0.4, -0.2) is 17.7 Å². The molecule has 0 radical (unpaired) electrons. The Labute approximate surface area is 35.0 Å². The zero-order valence-corrected chi connectivity index (χ0v) is 3.14. The van der Waals surface area contributed by atoms with Gasteiger partial charge in [-0.25, -0.2) is 0 Å². The minimum Gasteiger partial charge on any atom is -0.473 e. The molecular formula is C4H3NO. The molecule has 0 N–H and O–H groups in total. The first kappa shape index (κ1) is 1.87. The normalized spacial score (nSPS) is 42.7. The van der Waals surface area contributed by atoms with Gasteiger partial charge in [0.15, 0.2) is 6.73 Å². The first-order valence-corrected chi connectivity index (χ1v) is 2.12. The van der Waals surface area contributed by atoms with E-state index in [1.165, 1.54) is 11.5 Å². The summed E-state index contributed by atoms with van der Waals surface area (Å²) in [5.41, 5.74) is 1.48. The van der Waals surface area contributed by atoms with Crippen LogP contribution in [0.5, 0.6) is 0 Å². The lowest BCUT2D eigenvalue weighted by molar-refractivity contribution is 0.243. The fraction of sp³-hybridized carbons (Fsp3) is 0.500. The van der Waals surface area contributed by atoms with E-state index in [1.807, 2.05) is 0 Å². The second kappa shape index (κ2) is 0.272. The van der Waals surface area contributed by atoms with E-state index in [9.17, 15) is 0 Å². The quantitative estimate of drug-likeness (QED) is 0.377. The molecule has 3 heterocycles. The molecule has 3 aliphatic heterocycles. The summed E-state index contributed by atoms with van der Waals surface area (Å²) in [4.78, 5) is 2.25. The highest BCUT2D eigenvalue weighted by molar-refractivity contribution is 5.58. The van der Waals surface area contributed by atoms with Crippen LogP contribution in [0.15, 0.2) is 11.5 Å². The lowest BCUT2D eigenvalue weighted by Crippen LogP contribution is -1.91. The van der Waals surface area contributed by atoms with E-state index < -0.39 is 0 Å². The van der Waals surface area contributed by atoms with Crippen LogP contribution < -0.4 is 0 Å². The Morgan fingerprint density at radius 2 is 2.67 bits per heavy atom. The number of hydrogen-bond donors (Lipinski definition) is 0. The molecule has 0 spiro atoms. The molecule has 2 saturated heterocycles. The fourth-order valence-electron chi connectivity index (χ4n) is 1.07. The number of nitrogens with zero attached hydrogens (tertiary/aromatic N) is 1. The first-order chi connectivity index (χ1) is 2.98. The van der Waals surface area contributed by atoms with Gasteiger partial charge in [0.2, 0.25) is 0 Å². The van der Waals surface area contributed by atoms with Crippen molar-refractivity contribution in [1.29, 1.82) is 0 Å². The third-order valence-corrected chi connectivity index (χ3v) is 1.59. The summed E-state index contributed by atoms with van der Waals surface area (Å²) in [7, 11) is 0. The maximum absolute atomic E-state index is 5.07. The monoisotopic (exact) mass is 81.0 g/mol. The summed E-state index contributed by atoms with van der Waals surface area (Å²) in [6.07, 6.45) is 0. The molecule has 2 bridgehead atoms. The lowest BCUT2D eigenvalue weighted by Gasteiger charge is -1.82. The van der Waals surface area contributed by atoms with Crippen LogP contribution in [-0.2, 0) is 4.74 Å². The highest BCUT2D eigenvalue weighted by Crippen LogP contribution is 2.61. The van der Waals surface area contributed by atoms with Gasteiger partial charge in [-0.15, -0.1) is 0 Å². The van der Waals surface area contributed by atoms with Gasteiger partial charge in [0.25, 0.3) is 0 Å². The molecule has 1 atom stereocenters. The van der Waals surface area contributed by atoms with Crippen LogP contribution in [0.2, 0.25) is 0 Å². The van der Waals surface area contributed by atoms with Gasteiger partial charge in [0.1, 0.15) is 11.8 Å². The van der Waals surface area contributed by atoms with Gasteiger partial charge in [-0.1, -0.05) is 0 Å². The maximum Gasteiger partial charge on any atom is 0.162 e. The van der Waals surface area contributed by atoms with Crippen LogP contribution in [0.3, 0.4) is 0 Å². The molecule has 0 aromatic carbocycles. The Kier molecular flexibility index (Phi) is 0.0847. The third kappa shape index (κ3) is 0.0442. The van der Waals surface area contributed by atoms with Crippen molar-refractivity contribution < 1.29 is 4.74 Å². The average Bonchev–Trinajstić information content (AvgIpc) is 2.30. The summed E-state index contributed by atoms with van der Waals surface area (Å²) >= 11 is 0. The highest BCUT2D eigenvalue weighted by Gasteiger charge is 2.68. The zero-order chi connectivity index (χ0) is 3.72. The van der Waals surface area contributed by atoms with Gasteiger partial charge in [0, 0.05) is 0 Å². The number of rotatable bonds is 0. The summed E-state index contributed by atoms with van der Waals surface area (Å²) in [5, 5.41) is 0. The molecule has 0 saturated carbocycles. The molecule has 4 rings (SSSR count). The van der Waals surface area contributed by atoms with Crippen LogP contribution in [0, 0.1) is 0 Å². The average molecular weight is 81.1 g/mol. The Bertz CT molecular complexity index is 155. The van der Waals surface area contributed by atoms with Gasteiger partial charge in [-0.3, -0.25) is 0 Å². The van der Waals surface area contributed by atoms with E-state index in [4.69, 9.17) is 4.74 Å². The zero-order valence-electron chi connectivity index (χ0n) is 3.14. The smallest absolute Gasteiger partial charge is 0.162 e. The molecule has 1 unspecified atom stereocenters. The van der Waals surface area contributed by atoms with Crippen LogP contribution >= 0.6 is 0 Å². The predicted molar refractivity (Wildman–Crippen MR) is 18.6 cm³/mol. The van der Waals surface area contributed by atoms with Crippen LogP contribution in [0.1, 0.15) is 0 Å². The molecule has 30 valence electrons. The van der Waals surface area contributed by atoms with Crippen molar-refractivity contribution >= 4 is 0 Å². The van der Waals surface area contributed by atoms with Crippen molar-refractivity contribution in [3.8, 4) is 0 Å². The Hall–Kier alpha value is -0.660. The molecule has 2 nitrogen and oxygen atoms in total. The van der Waals surface area contributed by atoms with E-state index in [-0.39, 0.29) is 0 Å². The van der Waals surface area contributed by atoms with Crippen molar-refractivity contribution in [2.24, 2.45) is 0 Å². The van der Waals surface area contributed by atoms with Crippen molar-refractivity contribution in [1.82, 2.24) is 4.90 Å². The summed E-state index contributed by atoms with van der Waals surface area (Å²) in [6.45, 7) is 0.856. The lowest BCUT2D eigenvalue weighted by atomic mass is 10.7. The van der Waals surface area contributed by atoms with Crippen LogP contribution in [0.4, 0.5) is 0 Å². The Morgan fingerprint density at radius 1 is 1.83 bits per heavy atom. The summed E-state index contributed by atoms with van der Waals surface area (Å²) in [5.74, 6) is 1.27. The van der Waals surface area contributed by atoms with Gasteiger partial charge < -0.3 is 9.64 Å². The summed E-state index contributed by atoms with van der Waals surface area (Å²) < 4.78 is 5.07. The fourth-order valence-corrected chi connectivity index (χ4v) is 1.07. The van der Waals surface area contributed by atoms with Crippen molar-refractivity contribution in [3.63, 3.8) is 0 Å². The Morgan fingerprint density at radius 3 is 2.83 bits per heavy atom. The second-order valence-corrected chi connectivity index (χ2v) is 1.90. The predicted octanol–water partition coefficient (Wildman–Crippen LogP) is -0.116. The second-order valence-electron chi connectivity index (χ2n) is 1.90.